The van der Waals surface area contributed by atoms with Crippen LogP contribution in [0.25, 0.3) is 22.0 Å². The Bertz CT molecular complexity index is 1000. The molecule has 24 heavy (non-hydrogen) atoms. The summed E-state index contributed by atoms with van der Waals surface area (Å²) in [5.74, 6) is -0.440. The first-order valence-electron chi connectivity index (χ1n) is 7.97. The van der Waals surface area contributed by atoms with Gasteiger partial charge >= 0.3 is 0 Å². The minimum absolute atomic E-state index is 0.440. The first-order chi connectivity index (χ1) is 11.7. The summed E-state index contributed by atoms with van der Waals surface area (Å²) in [4.78, 5) is 3.84. The van der Waals surface area contributed by atoms with Gasteiger partial charge in [-0.05, 0) is 30.2 Å². The number of benzene rings is 2. The van der Waals surface area contributed by atoms with E-state index in [0.717, 1.165) is 28.6 Å². The second-order valence-corrected chi connectivity index (χ2v) is 6.00. The number of hydrogen-bond donors (Lipinski definition) is 0. The van der Waals surface area contributed by atoms with Gasteiger partial charge in [0.25, 0.3) is 0 Å². The van der Waals surface area contributed by atoms with Crippen molar-refractivity contribution in [2.75, 3.05) is 0 Å². The van der Waals surface area contributed by atoms with Crippen molar-refractivity contribution in [1.82, 2.24) is 9.55 Å². The molecule has 2 aromatic carbocycles. The summed E-state index contributed by atoms with van der Waals surface area (Å²) >= 11 is 0. The van der Waals surface area contributed by atoms with Crippen molar-refractivity contribution < 1.29 is 4.39 Å². The highest BCUT2D eigenvalue weighted by atomic mass is 19.1. The molecule has 0 N–H and O–H groups in total. The molecule has 4 rings (SSSR count). The van der Waals surface area contributed by atoms with Gasteiger partial charge in [0.05, 0.1) is 0 Å². The van der Waals surface area contributed by atoms with E-state index in [1.807, 2.05) is 25.1 Å². The van der Waals surface area contributed by atoms with Gasteiger partial charge in [-0.2, -0.15) is 4.39 Å². The molecule has 118 valence electrons. The van der Waals surface area contributed by atoms with Crippen LogP contribution in [0.2, 0.25) is 0 Å². The number of fused-ring (bicyclic) bond motifs is 1. The molecule has 0 amide bonds. The van der Waals surface area contributed by atoms with Crippen LogP contribution >= 0.6 is 0 Å². The standard InChI is InChI=1S/C21H17FN2/c1-15-11-21(22)23-12-18(15)19-14-24(13-16-7-3-2-4-8-16)20-10-6-5-9-17(19)20/h2-12,14H,13H2,1H3. The van der Waals surface area contributed by atoms with Crippen molar-refractivity contribution in [1.29, 1.82) is 0 Å². The zero-order valence-corrected chi connectivity index (χ0v) is 13.4. The van der Waals surface area contributed by atoms with Crippen molar-refractivity contribution >= 4 is 10.9 Å². The van der Waals surface area contributed by atoms with Gasteiger partial charge in [0, 0.05) is 41.0 Å². The molecular formula is C21H17FN2. The van der Waals surface area contributed by atoms with Crippen molar-refractivity contribution in [3.8, 4) is 11.1 Å². The summed E-state index contributed by atoms with van der Waals surface area (Å²) in [5, 5.41) is 1.16. The normalized spacial score (nSPS) is 11.1. The Balaban J connectivity index is 1.88. The molecule has 2 heterocycles. The zero-order chi connectivity index (χ0) is 16.5. The Morgan fingerprint density at radius 1 is 0.958 bits per heavy atom. The predicted octanol–water partition coefficient (Wildman–Crippen LogP) is 5.20. The van der Waals surface area contributed by atoms with Gasteiger partial charge in [-0.3, -0.25) is 0 Å². The molecule has 2 aromatic heterocycles. The van der Waals surface area contributed by atoms with Crippen LogP contribution in [0.15, 0.2) is 73.1 Å². The fourth-order valence-electron chi connectivity index (χ4n) is 3.18. The number of pyridine rings is 1. The third kappa shape index (κ3) is 2.58. The number of aryl methyl sites for hydroxylation is 1. The lowest BCUT2D eigenvalue weighted by Crippen LogP contribution is -1.97. The highest BCUT2D eigenvalue weighted by molar-refractivity contribution is 5.96. The van der Waals surface area contributed by atoms with E-state index in [1.54, 1.807) is 6.20 Å². The lowest BCUT2D eigenvalue weighted by Gasteiger charge is -2.05. The van der Waals surface area contributed by atoms with Crippen LogP contribution in [0.4, 0.5) is 4.39 Å². The van der Waals surface area contributed by atoms with E-state index < -0.39 is 5.95 Å². The van der Waals surface area contributed by atoms with Gasteiger partial charge < -0.3 is 4.57 Å². The summed E-state index contributed by atoms with van der Waals surface area (Å²) in [5.41, 5.74) is 5.37. The van der Waals surface area contributed by atoms with Crippen LogP contribution in [0.3, 0.4) is 0 Å². The van der Waals surface area contributed by atoms with Crippen LogP contribution in [-0.2, 0) is 6.54 Å². The molecule has 0 atom stereocenters. The van der Waals surface area contributed by atoms with Crippen molar-refractivity contribution in [2.45, 2.75) is 13.5 Å². The molecule has 0 saturated carbocycles. The summed E-state index contributed by atoms with van der Waals surface area (Å²) < 4.78 is 15.6. The topological polar surface area (TPSA) is 17.8 Å². The molecule has 0 radical (unpaired) electrons. The Morgan fingerprint density at radius 2 is 1.71 bits per heavy atom. The molecule has 4 aromatic rings. The van der Waals surface area contributed by atoms with Crippen molar-refractivity contribution in [3.63, 3.8) is 0 Å². The molecule has 0 fully saturated rings. The molecule has 0 unspecified atom stereocenters. The average Bonchev–Trinajstić information content (AvgIpc) is 2.95. The second kappa shape index (κ2) is 5.93. The van der Waals surface area contributed by atoms with Crippen LogP contribution in [0.1, 0.15) is 11.1 Å². The van der Waals surface area contributed by atoms with Crippen molar-refractivity contribution in [2.24, 2.45) is 0 Å². The number of nitrogens with zero attached hydrogens (tertiary/aromatic N) is 2. The summed E-state index contributed by atoms with van der Waals surface area (Å²) in [6.45, 7) is 2.72. The Morgan fingerprint density at radius 3 is 2.50 bits per heavy atom. The smallest absolute Gasteiger partial charge is 0.213 e. The van der Waals surface area contributed by atoms with Gasteiger partial charge in [-0.25, -0.2) is 4.98 Å². The van der Waals surface area contributed by atoms with Crippen LogP contribution in [0, 0.1) is 12.9 Å². The quantitative estimate of drug-likeness (QED) is 0.475. The van der Waals surface area contributed by atoms with E-state index in [4.69, 9.17) is 0 Å². The first kappa shape index (κ1) is 14.6. The number of halogens is 1. The Kier molecular flexibility index (Phi) is 3.62. The largest absolute Gasteiger partial charge is 0.342 e. The lowest BCUT2D eigenvalue weighted by molar-refractivity contribution is 0.583. The van der Waals surface area contributed by atoms with Crippen LogP contribution < -0.4 is 0 Å². The van der Waals surface area contributed by atoms with Crippen LogP contribution in [-0.4, -0.2) is 9.55 Å². The Hall–Kier alpha value is -2.94. The third-order valence-electron chi connectivity index (χ3n) is 4.35. The molecule has 0 aliphatic rings. The lowest BCUT2D eigenvalue weighted by atomic mass is 10.0. The molecular weight excluding hydrogens is 299 g/mol. The molecule has 0 saturated heterocycles. The van der Waals surface area contributed by atoms with Gasteiger partial charge in [-0.1, -0.05) is 48.5 Å². The minimum atomic E-state index is -0.440. The Labute approximate surface area is 140 Å². The minimum Gasteiger partial charge on any atom is -0.342 e. The number of para-hydroxylation sites is 1. The maximum atomic E-state index is 13.4. The highest BCUT2D eigenvalue weighted by Gasteiger charge is 2.13. The van der Waals surface area contributed by atoms with E-state index in [2.05, 4.69) is 52.1 Å². The van der Waals surface area contributed by atoms with E-state index in [1.165, 1.54) is 17.1 Å². The first-order valence-corrected chi connectivity index (χ1v) is 7.97. The third-order valence-corrected chi connectivity index (χ3v) is 4.35. The molecule has 0 bridgehead atoms. The van der Waals surface area contributed by atoms with E-state index in [9.17, 15) is 4.39 Å². The second-order valence-electron chi connectivity index (χ2n) is 6.00. The van der Waals surface area contributed by atoms with Crippen LogP contribution in [0.5, 0.6) is 0 Å². The van der Waals surface area contributed by atoms with Gasteiger partial charge in [0.15, 0.2) is 0 Å². The monoisotopic (exact) mass is 316 g/mol. The van der Waals surface area contributed by atoms with E-state index in [-0.39, 0.29) is 0 Å². The maximum absolute atomic E-state index is 13.4. The average molecular weight is 316 g/mol. The number of hydrogen-bond acceptors (Lipinski definition) is 1. The molecule has 2 nitrogen and oxygen atoms in total. The number of aromatic nitrogens is 2. The summed E-state index contributed by atoms with van der Waals surface area (Å²) in [7, 11) is 0. The fraction of sp³-hybridized carbons (Fsp3) is 0.0952. The molecule has 0 aliphatic carbocycles. The molecule has 0 spiro atoms. The summed E-state index contributed by atoms with van der Waals surface area (Å²) in [6.07, 6.45) is 3.76. The maximum Gasteiger partial charge on any atom is 0.213 e. The number of rotatable bonds is 3. The SMILES string of the molecule is Cc1cc(F)ncc1-c1cn(Cc2ccccc2)c2ccccc12. The van der Waals surface area contributed by atoms with Gasteiger partial charge in [-0.15, -0.1) is 0 Å². The van der Waals surface area contributed by atoms with Crippen molar-refractivity contribution in [3.05, 3.63) is 90.1 Å². The van der Waals surface area contributed by atoms with E-state index in [0.29, 0.717) is 0 Å². The summed E-state index contributed by atoms with van der Waals surface area (Å²) in [6, 6.07) is 20.2. The fourth-order valence-corrected chi connectivity index (χ4v) is 3.18. The zero-order valence-electron chi connectivity index (χ0n) is 13.4. The van der Waals surface area contributed by atoms with E-state index >= 15 is 0 Å². The molecule has 0 aliphatic heterocycles. The van der Waals surface area contributed by atoms with Gasteiger partial charge in [0.2, 0.25) is 5.95 Å². The molecule has 3 heteroatoms. The predicted molar refractivity (Wildman–Crippen MR) is 95.4 cm³/mol. The van der Waals surface area contributed by atoms with Gasteiger partial charge in [0.1, 0.15) is 0 Å². The highest BCUT2D eigenvalue weighted by Crippen LogP contribution is 2.32.